The molecule has 0 aromatic heterocycles. The van der Waals surface area contributed by atoms with Gasteiger partial charge in [0.05, 0.1) is 10.5 Å². The van der Waals surface area contributed by atoms with Crippen LogP contribution in [0.2, 0.25) is 0 Å². The van der Waals surface area contributed by atoms with E-state index < -0.39 is 14.6 Å². The second-order valence-corrected chi connectivity index (χ2v) is 8.86. The fraction of sp³-hybridized carbons (Fsp3) is 0.600. The van der Waals surface area contributed by atoms with E-state index in [9.17, 15) is 12.8 Å². The van der Waals surface area contributed by atoms with Crippen molar-refractivity contribution in [1.82, 2.24) is 5.32 Å². The van der Waals surface area contributed by atoms with Gasteiger partial charge >= 0.3 is 0 Å². The third-order valence-electron chi connectivity index (χ3n) is 3.36. The van der Waals surface area contributed by atoms with Gasteiger partial charge in [0.2, 0.25) is 0 Å². The van der Waals surface area contributed by atoms with E-state index >= 15 is 0 Å². The Kier molecular flexibility index (Phi) is 5.71. The zero-order valence-corrected chi connectivity index (χ0v) is 13.5. The molecule has 114 valence electrons. The van der Waals surface area contributed by atoms with Crippen molar-refractivity contribution < 1.29 is 12.8 Å². The first-order valence-corrected chi connectivity index (χ1v) is 8.47. The van der Waals surface area contributed by atoms with Gasteiger partial charge in [-0.3, -0.25) is 0 Å². The van der Waals surface area contributed by atoms with E-state index in [1.165, 1.54) is 12.1 Å². The van der Waals surface area contributed by atoms with Gasteiger partial charge < -0.3 is 5.32 Å². The number of sulfone groups is 1. The molecular formula is C15H24FNO2S. The molecule has 0 spiro atoms. The number of benzene rings is 1. The minimum atomic E-state index is -3.07. The van der Waals surface area contributed by atoms with E-state index in [-0.39, 0.29) is 11.6 Å². The molecule has 0 aliphatic heterocycles. The molecule has 5 heteroatoms. The van der Waals surface area contributed by atoms with Crippen LogP contribution < -0.4 is 5.32 Å². The SMILES string of the molecule is Cc1cc(F)ccc1CCNCCS(=O)(=O)C(C)(C)C. The van der Waals surface area contributed by atoms with Gasteiger partial charge in [-0.2, -0.15) is 0 Å². The van der Waals surface area contributed by atoms with Gasteiger partial charge in [-0.15, -0.1) is 0 Å². The van der Waals surface area contributed by atoms with Crippen LogP contribution in [0.5, 0.6) is 0 Å². The molecule has 0 radical (unpaired) electrons. The van der Waals surface area contributed by atoms with E-state index in [4.69, 9.17) is 0 Å². The lowest BCUT2D eigenvalue weighted by Crippen LogP contribution is -2.35. The summed E-state index contributed by atoms with van der Waals surface area (Å²) in [5, 5.41) is 3.13. The summed E-state index contributed by atoms with van der Waals surface area (Å²) in [4.78, 5) is 0. The smallest absolute Gasteiger partial charge is 0.156 e. The lowest BCUT2D eigenvalue weighted by atomic mass is 10.1. The van der Waals surface area contributed by atoms with Crippen LogP contribution in [0.1, 0.15) is 31.9 Å². The first-order valence-electron chi connectivity index (χ1n) is 6.81. The molecule has 0 saturated carbocycles. The van der Waals surface area contributed by atoms with Crippen molar-refractivity contribution in [3.63, 3.8) is 0 Å². The number of rotatable bonds is 6. The van der Waals surface area contributed by atoms with Gasteiger partial charge in [-0.25, -0.2) is 12.8 Å². The Morgan fingerprint density at radius 3 is 2.40 bits per heavy atom. The summed E-state index contributed by atoms with van der Waals surface area (Å²) in [6.45, 7) is 8.15. The molecule has 0 amide bonds. The van der Waals surface area contributed by atoms with Crippen LogP contribution in [-0.2, 0) is 16.3 Å². The van der Waals surface area contributed by atoms with Crippen molar-refractivity contribution in [2.24, 2.45) is 0 Å². The molecule has 0 heterocycles. The molecule has 0 unspecified atom stereocenters. The summed E-state index contributed by atoms with van der Waals surface area (Å²) in [5.41, 5.74) is 2.01. The normalized spacial score (nSPS) is 12.7. The topological polar surface area (TPSA) is 46.2 Å². The zero-order chi connectivity index (χ0) is 15.4. The molecule has 0 aliphatic carbocycles. The van der Waals surface area contributed by atoms with Gasteiger partial charge in [-0.1, -0.05) is 6.07 Å². The number of nitrogens with one attached hydrogen (secondary N) is 1. The monoisotopic (exact) mass is 301 g/mol. The number of hydrogen-bond acceptors (Lipinski definition) is 3. The Labute approximate surface area is 121 Å². The summed E-state index contributed by atoms with van der Waals surface area (Å²) in [7, 11) is -3.07. The molecule has 0 aliphatic rings. The van der Waals surface area contributed by atoms with Crippen LogP contribution in [0.15, 0.2) is 18.2 Å². The van der Waals surface area contributed by atoms with Crippen LogP contribution in [0.4, 0.5) is 4.39 Å². The van der Waals surface area contributed by atoms with Crippen LogP contribution in [0.25, 0.3) is 0 Å². The molecule has 20 heavy (non-hydrogen) atoms. The second-order valence-electron chi connectivity index (χ2n) is 6.00. The molecule has 0 bridgehead atoms. The minimum absolute atomic E-state index is 0.138. The second kappa shape index (κ2) is 6.68. The lowest BCUT2D eigenvalue weighted by Gasteiger charge is -2.19. The Morgan fingerprint density at radius 1 is 1.20 bits per heavy atom. The maximum absolute atomic E-state index is 13.0. The molecule has 0 saturated heterocycles. The molecule has 1 aromatic carbocycles. The van der Waals surface area contributed by atoms with Gasteiger partial charge in [0.25, 0.3) is 0 Å². The van der Waals surface area contributed by atoms with E-state index in [0.717, 1.165) is 17.5 Å². The van der Waals surface area contributed by atoms with Crippen molar-refractivity contribution >= 4 is 9.84 Å². The van der Waals surface area contributed by atoms with Gasteiger partial charge in [0.1, 0.15) is 5.82 Å². The predicted molar refractivity (Wildman–Crippen MR) is 81.3 cm³/mol. The molecule has 0 atom stereocenters. The molecule has 0 fully saturated rings. The molecule has 1 N–H and O–H groups in total. The van der Waals surface area contributed by atoms with Crippen molar-refractivity contribution in [2.75, 3.05) is 18.8 Å². The first kappa shape index (κ1) is 17.1. The third-order valence-corrected chi connectivity index (χ3v) is 5.96. The minimum Gasteiger partial charge on any atom is -0.315 e. The van der Waals surface area contributed by atoms with Crippen LogP contribution in [0, 0.1) is 12.7 Å². The average molecular weight is 301 g/mol. The number of aryl methyl sites for hydroxylation is 1. The largest absolute Gasteiger partial charge is 0.315 e. The van der Waals surface area contributed by atoms with Gasteiger partial charge in [0.15, 0.2) is 9.84 Å². The van der Waals surface area contributed by atoms with Gasteiger partial charge in [-0.05, 0) is 63.9 Å². The van der Waals surface area contributed by atoms with E-state index in [0.29, 0.717) is 13.1 Å². The fourth-order valence-electron chi connectivity index (χ4n) is 1.80. The highest BCUT2D eigenvalue weighted by atomic mass is 32.2. The van der Waals surface area contributed by atoms with E-state index in [1.807, 2.05) is 6.92 Å². The third kappa shape index (κ3) is 4.87. The molecule has 1 aromatic rings. The van der Waals surface area contributed by atoms with E-state index in [2.05, 4.69) is 5.32 Å². The maximum atomic E-state index is 13.0. The first-order chi connectivity index (χ1) is 9.13. The van der Waals surface area contributed by atoms with E-state index in [1.54, 1.807) is 26.8 Å². The average Bonchev–Trinajstić information content (AvgIpc) is 2.29. The number of hydrogen-bond donors (Lipinski definition) is 1. The lowest BCUT2D eigenvalue weighted by molar-refractivity contribution is 0.556. The van der Waals surface area contributed by atoms with Crippen molar-refractivity contribution in [3.05, 3.63) is 35.1 Å². The van der Waals surface area contributed by atoms with Crippen molar-refractivity contribution in [3.8, 4) is 0 Å². The molecule has 1 rings (SSSR count). The quantitative estimate of drug-likeness (QED) is 0.821. The van der Waals surface area contributed by atoms with Gasteiger partial charge in [0, 0.05) is 6.54 Å². The highest BCUT2D eigenvalue weighted by Gasteiger charge is 2.27. The Morgan fingerprint density at radius 2 is 1.85 bits per heavy atom. The van der Waals surface area contributed by atoms with Crippen LogP contribution in [0.3, 0.4) is 0 Å². The number of halogens is 1. The van der Waals surface area contributed by atoms with Crippen molar-refractivity contribution in [2.45, 2.75) is 38.9 Å². The highest BCUT2D eigenvalue weighted by molar-refractivity contribution is 7.92. The molecule has 3 nitrogen and oxygen atoms in total. The van der Waals surface area contributed by atoms with Crippen molar-refractivity contribution in [1.29, 1.82) is 0 Å². The summed E-state index contributed by atoms with van der Waals surface area (Å²) < 4.78 is 36.0. The Hall–Kier alpha value is -0.940. The summed E-state index contributed by atoms with van der Waals surface area (Å²) in [5.74, 6) is -0.0886. The van der Waals surface area contributed by atoms with Crippen LogP contribution >= 0.6 is 0 Å². The van der Waals surface area contributed by atoms with Crippen LogP contribution in [-0.4, -0.2) is 32.0 Å². The standard InChI is InChI=1S/C15H24FNO2S/c1-12-11-14(16)6-5-13(12)7-8-17-9-10-20(18,19)15(2,3)4/h5-6,11,17H,7-10H2,1-4H3. The summed E-state index contributed by atoms with van der Waals surface area (Å²) in [6.07, 6.45) is 0.766. The fourth-order valence-corrected chi connectivity index (χ4v) is 2.83. The Bertz CT molecular complexity index is 547. The maximum Gasteiger partial charge on any atom is 0.156 e. The molecular weight excluding hydrogens is 277 g/mol. The summed E-state index contributed by atoms with van der Waals surface area (Å²) in [6, 6.07) is 4.74. The highest BCUT2D eigenvalue weighted by Crippen LogP contribution is 2.15. The summed E-state index contributed by atoms with van der Waals surface area (Å²) >= 11 is 0. The Balaban J connectivity index is 2.36. The zero-order valence-electron chi connectivity index (χ0n) is 12.7. The predicted octanol–water partition coefficient (Wildman–Crippen LogP) is 2.48.